The first-order valence-corrected chi connectivity index (χ1v) is 3.93. The van der Waals surface area contributed by atoms with Crippen LogP contribution in [0.25, 0.3) is 0 Å². The summed E-state index contributed by atoms with van der Waals surface area (Å²) in [5, 5.41) is 15.8. The molecular weight excluding hydrogens is 178 g/mol. The number of carbonyl (C=O) groups excluding carboxylic acids is 1. The van der Waals surface area contributed by atoms with Crippen LogP contribution >= 0.6 is 0 Å². The Hall–Kier alpha value is -0.890. The van der Waals surface area contributed by atoms with Crippen molar-refractivity contribution in [1.29, 1.82) is 0 Å². The number of nitrogens with zero attached hydrogens (tertiary/aromatic N) is 1. The van der Waals surface area contributed by atoms with E-state index < -0.39 is 11.4 Å². The zero-order valence-electron chi connectivity index (χ0n) is 7.43. The van der Waals surface area contributed by atoms with Crippen molar-refractivity contribution in [2.45, 2.75) is 25.8 Å². The number of hydrazine groups is 1. The van der Waals surface area contributed by atoms with Crippen molar-refractivity contribution in [2.75, 3.05) is 6.61 Å². The molecule has 0 rings (SSSR count). The second kappa shape index (κ2) is 6.61. The first-order chi connectivity index (χ1) is 6.06. The molecule has 1 atom stereocenters. The Balaban J connectivity index is 3.46. The van der Waals surface area contributed by atoms with Crippen LogP contribution in [-0.4, -0.2) is 34.5 Å². The van der Waals surface area contributed by atoms with E-state index in [1.165, 1.54) is 0 Å². The standard InChI is InChI=1S/C6H15N3O4/c1-2-3-5(7)4-13-6(10)8-9(11)12/h5,11-12H,2-4,7H2,1H3,(H,8,10). The molecule has 78 valence electrons. The molecule has 7 heteroatoms. The monoisotopic (exact) mass is 193 g/mol. The fourth-order valence-electron chi connectivity index (χ4n) is 0.751. The molecule has 0 fully saturated rings. The minimum atomic E-state index is -0.962. The summed E-state index contributed by atoms with van der Waals surface area (Å²) in [5.41, 5.74) is 7.09. The lowest BCUT2D eigenvalue weighted by Gasteiger charge is -2.12. The fourth-order valence-corrected chi connectivity index (χ4v) is 0.751. The number of nitrogens with two attached hydrogens (primary N) is 1. The summed E-state index contributed by atoms with van der Waals surface area (Å²) in [6.45, 7) is 2.01. The van der Waals surface area contributed by atoms with Crippen LogP contribution in [0.15, 0.2) is 0 Å². The van der Waals surface area contributed by atoms with Crippen molar-refractivity contribution in [1.82, 2.24) is 10.8 Å². The molecule has 7 nitrogen and oxygen atoms in total. The Morgan fingerprint density at radius 3 is 2.77 bits per heavy atom. The van der Waals surface area contributed by atoms with E-state index in [4.69, 9.17) is 16.1 Å². The third-order valence-electron chi connectivity index (χ3n) is 1.28. The molecule has 0 bridgehead atoms. The fraction of sp³-hybridized carbons (Fsp3) is 0.833. The van der Waals surface area contributed by atoms with Crippen LogP contribution in [0, 0.1) is 0 Å². The summed E-state index contributed by atoms with van der Waals surface area (Å²) in [5.74, 6) is 0. The Morgan fingerprint density at radius 2 is 2.31 bits per heavy atom. The van der Waals surface area contributed by atoms with E-state index >= 15 is 0 Å². The predicted octanol–water partition coefficient (Wildman–Crippen LogP) is -0.165. The summed E-state index contributed by atoms with van der Waals surface area (Å²) in [6.07, 6.45) is 0.685. The van der Waals surface area contributed by atoms with Gasteiger partial charge in [-0.05, 0) is 6.42 Å². The van der Waals surface area contributed by atoms with Gasteiger partial charge in [-0.1, -0.05) is 13.3 Å². The summed E-state index contributed by atoms with van der Waals surface area (Å²) in [4.78, 5) is 10.6. The van der Waals surface area contributed by atoms with Crippen molar-refractivity contribution in [3.63, 3.8) is 0 Å². The zero-order chi connectivity index (χ0) is 10.3. The first-order valence-electron chi connectivity index (χ1n) is 3.93. The van der Waals surface area contributed by atoms with Crippen molar-refractivity contribution in [2.24, 2.45) is 5.73 Å². The molecule has 5 N–H and O–H groups in total. The van der Waals surface area contributed by atoms with E-state index in [9.17, 15) is 4.79 Å². The summed E-state index contributed by atoms with van der Waals surface area (Å²) >= 11 is 0. The first kappa shape index (κ1) is 12.1. The molecule has 0 saturated heterocycles. The summed E-state index contributed by atoms with van der Waals surface area (Å²) in [7, 11) is 0. The maximum absolute atomic E-state index is 10.6. The smallest absolute Gasteiger partial charge is 0.425 e. The number of hydrogen-bond donors (Lipinski definition) is 4. The highest BCUT2D eigenvalue weighted by molar-refractivity contribution is 5.66. The van der Waals surface area contributed by atoms with E-state index in [2.05, 4.69) is 4.74 Å². The van der Waals surface area contributed by atoms with Crippen LogP contribution in [-0.2, 0) is 4.74 Å². The number of amides is 1. The van der Waals surface area contributed by atoms with Gasteiger partial charge in [0.05, 0.1) is 0 Å². The normalized spacial score (nSPS) is 12.7. The maximum atomic E-state index is 10.6. The second-order valence-corrected chi connectivity index (χ2v) is 2.55. The molecule has 0 saturated carbocycles. The Morgan fingerprint density at radius 1 is 1.69 bits per heavy atom. The number of rotatable bonds is 5. The topological polar surface area (TPSA) is 108 Å². The minimum Gasteiger partial charge on any atom is -0.447 e. The minimum absolute atomic E-state index is 0.0491. The van der Waals surface area contributed by atoms with Crippen LogP contribution in [0.3, 0.4) is 0 Å². The van der Waals surface area contributed by atoms with E-state index in [-0.39, 0.29) is 12.6 Å². The summed E-state index contributed by atoms with van der Waals surface area (Å²) < 4.78 is 4.53. The van der Waals surface area contributed by atoms with Gasteiger partial charge in [-0.25, -0.2) is 10.2 Å². The maximum Gasteiger partial charge on any atom is 0.425 e. The Bertz CT molecular complexity index is 153. The summed E-state index contributed by atoms with van der Waals surface area (Å²) in [6, 6.07) is -0.221. The van der Waals surface area contributed by atoms with E-state index in [0.717, 1.165) is 12.8 Å². The molecule has 0 aliphatic heterocycles. The molecule has 13 heavy (non-hydrogen) atoms. The van der Waals surface area contributed by atoms with Gasteiger partial charge < -0.3 is 10.5 Å². The second-order valence-electron chi connectivity index (χ2n) is 2.55. The number of hydrogen-bond acceptors (Lipinski definition) is 6. The van der Waals surface area contributed by atoms with Gasteiger partial charge >= 0.3 is 6.09 Å². The van der Waals surface area contributed by atoms with Gasteiger partial charge in [0.1, 0.15) is 6.61 Å². The number of ether oxygens (including phenoxy) is 1. The molecular formula is C6H15N3O4. The molecule has 0 heterocycles. The third-order valence-corrected chi connectivity index (χ3v) is 1.28. The largest absolute Gasteiger partial charge is 0.447 e. The highest BCUT2D eigenvalue weighted by Gasteiger charge is 2.07. The molecule has 0 radical (unpaired) electrons. The average Bonchev–Trinajstić information content (AvgIpc) is 2.00. The molecule has 0 aromatic rings. The molecule has 1 unspecified atom stereocenters. The van der Waals surface area contributed by atoms with Gasteiger partial charge in [-0.15, -0.1) is 0 Å². The quantitative estimate of drug-likeness (QED) is 0.452. The number of nitrogens with one attached hydrogen (secondary N) is 1. The van der Waals surface area contributed by atoms with Gasteiger partial charge in [0.15, 0.2) is 0 Å². The Kier molecular flexibility index (Phi) is 6.15. The van der Waals surface area contributed by atoms with Crippen molar-refractivity contribution < 1.29 is 19.9 Å². The van der Waals surface area contributed by atoms with Crippen LogP contribution in [0.1, 0.15) is 19.8 Å². The lowest BCUT2D eigenvalue weighted by Crippen LogP contribution is -2.39. The highest BCUT2D eigenvalue weighted by atomic mass is 16.8. The lowest BCUT2D eigenvalue weighted by molar-refractivity contribution is -0.333. The third kappa shape index (κ3) is 7.47. The molecule has 0 aromatic carbocycles. The zero-order valence-corrected chi connectivity index (χ0v) is 7.43. The molecule has 0 aliphatic carbocycles. The molecule has 0 aromatic heterocycles. The SMILES string of the molecule is CCCC(N)COC(=O)NN(O)O. The van der Waals surface area contributed by atoms with Crippen molar-refractivity contribution in [3.05, 3.63) is 0 Å². The van der Waals surface area contributed by atoms with Gasteiger partial charge in [0.25, 0.3) is 0 Å². The van der Waals surface area contributed by atoms with Gasteiger partial charge in [-0.3, -0.25) is 10.4 Å². The van der Waals surface area contributed by atoms with Crippen LogP contribution in [0.5, 0.6) is 0 Å². The average molecular weight is 193 g/mol. The van der Waals surface area contributed by atoms with Crippen LogP contribution in [0.4, 0.5) is 4.79 Å². The molecule has 0 aliphatic rings. The van der Waals surface area contributed by atoms with Gasteiger partial charge in [-0.2, -0.15) is 0 Å². The lowest BCUT2D eigenvalue weighted by atomic mass is 10.2. The van der Waals surface area contributed by atoms with Crippen molar-refractivity contribution in [3.8, 4) is 0 Å². The van der Waals surface area contributed by atoms with E-state index in [0.29, 0.717) is 0 Å². The number of carbonyl (C=O) groups is 1. The molecule has 1 amide bonds. The Labute approximate surface area is 76.0 Å². The van der Waals surface area contributed by atoms with Crippen LogP contribution in [0.2, 0.25) is 0 Å². The van der Waals surface area contributed by atoms with E-state index in [1.807, 2.05) is 6.92 Å². The van der Waals surface area contributed by atoms with Crippen molar-refractivity contribution >= 4 is 6.09 Å². The highest BCUT2D eigenvalue weighted by Crippen LogP contribution is 1.93. The van der Waals surface area contributed by atoms with E-state index in [1.54, 1.807) is 5.43 Å². The van der Waals surface area contributed by atoms with Crippen LogP contribution < -0.4 is 11.2 Å². The van der Waals surface area contributed by atoms with Gasteiger partial charge in [0, 0.05) is 11.4 Å². The predicted molar refractivity (Wildman–Crippen MR) is 42.8 cm³/mol. The van der Waals surface area contributed by atoms with Gasteiger partial charge in [0.2, 0.25) is 0 Å². The molecule has 0 spiro atoms.